The lowest BCUT2D eigenvalue weighted by Crippen LogP contribution is -2.11. The van der Waals surface area contributed by atoms with Gasteiger partial charge in [-0.05, 0) is 93.4 Å². The molecule has 0 radical (unpaired) electrons. The maximum absolute atomic E-state index is 7.16. The lowest BCUT2D eigenvalue weighted by molar-refractivity contribution is 0.668. The second kappa shape index (κ2) is 18.9. The average Bonchev–Trinajstić information content (AvgIpc) is 4.41. The Bertz CT molecular complexity index is 5030. The lowest BCUT2D eigenvalue weighted by atomic mass is 9.99. The first kappa shape index (κ1) is 46.2. The molecule has 3 heterocycles. The van der Waals surface area contributed by atoms with Gasteiger partial charge in [0.1, 0.15) is 22.3 Å². The van der Waals surface area contributed by atoms with Crippen molar-refractivity contribution in [3.63, 3.8) is 0 Å². The van der Waals surface area contributed by atoms with Crippen LogP contribution in [-0.4, -0.2) is 0 Å². The fourth-order valence-corrected chi connectivity index (χ4v) is 12.3. The van der Waals surface area contributed by atoms with E-state index < -0.39 is 0 Å². The minimum Gasteiger partial charge on any atom is -0.456 e. The molecule has 0 aliphatic rings. The number of furan rings is 3. The number of fused-ring (bicyclic) bond motifs is 11. The third-order valence-corrected chi connectivity index (χ3v) is 16.1. The van der Waals surface area contributed by atoms with Gasteiger partial charge < -0.3 is 23.1 Å². The molecule has 0 saturated heterocycles. The van der Waals surface area contributed by atoms with Gasteiger partial charge in [0.15, 0.2) is 11.2 Å². The highest BCUT2D eigenvalue weighted by atomic mass is 16.3. The third kappa shape index (κ3) is 7.70. The first-order valence-electron chi connectivity index (χ1n) is 27.5. The van der Waals surface area contributed by atoms with Crippen molar-refractivity contribution in [1.82, 2.24) is 0 Å². The summed E-state index contributed by atoms with van der Waals surface area (Å²) in [5.41, 5.74) is 19.6. The Balaban J connectivity index is 0.904. The molecule has 0 aliphatic carbocycles. The monoisotopic (exact) mass is 1040 g/mol. The Hall–Kier alpha value is -10.9. The van der Waals surface area contributed by atoms with Crippen molar-refractivity contribution in [2.75, 3.05) is 9.80 Å². The Labute approximate surface area is 467 Å². The summed E-state index contributed by atoms with van der Waals surface area (Å²) in [7, 11) is 0. The van der Waals surface area contributed by atoms with Gasteiger partial charge in [-0.15, -0.1) is 0 Å². The molecule has 0 amide bonds. The van der Waals surface area contributed by atoms with Crippen LogP contribution < -0.4 is 9.80 Å². The molecule has 81 heavy (non-hydrogen) atoms. The zero-order valence-electron chi connectivity index (χ0n) is 43.8. The van der Waals surface area contributed by atoms with E-state index in [9.17, 15) is 0 Å². The highest BCUT2D eigenvalue weighted by Gasteiger charge is 2.27. The first-order valence-corrected chi connectivity index (χ1v) is 27.5. The van der Waals surface area contributed by atoms with Crippen LogP contribution in [0.1, 0.15) is 0 Å². The summed E-state index contributed by atoms with van der Waals surface area (Å²) in [6.45, 7) is 0. The van der Waals surface area contributed by atoms with E-state index in [4.69, 9.17) is 13.3 Å². The summed E-state index contributed by atoms with van der Waals surface area (Å²) >= 11 is 0. The Morgan fingerprint density at radius 1 is 0.210 bits per heavy atom. The average molecular weight is 1040 g/mol. The summed E-state index contributed by atoms with van der Waals surface area (Å²) in [4.78, 5) is 4.68. The Kier molecular flexibility index (Phi) is 10.8. The van der Waals surface area contributed by atoms with Crippen LogP contribution in [0.4, 0.5) is 34.1 Å². The maximum atomic E-state index is 7.16. The van der Waals surface area contributed by atoms with Crippen molar-refractivity contribution in [3.05, 3.63) is 291 Å². The predicted octanol–water partition coefficient (Wildman–Crippen LogP) is 22.1. The van der Waals surface area contributed by atoms with Crippen LogP contribution in [0.2, 0.25) is 0 Å². The second-order valence-electron chi connectivity index (χ2n) is 20.7. The summed E-state index contributed by atoms with van der Waals surface area (Å²) in [5, 5.41) is 8.41. The molecule has 0 N–H and O–H groups in total. The van der Waals surface area contributed by atoms with Crippen molar-refractivity contribution in [2.45, 2.75) is 0 Å². The molecule has 380 valence electrons. The van der Waals surface area contributed by atoms with Gasteiger partial charge in [0.05, 0.1) is 17.1 Å². The fraction of sp³-hybridized carbons (Fsp3) is 0. The normalized spacial score (nSPS) is 11.7. The van der Waals surface area contributed by atoms with E-state index in [1.807, 2.05) is 0 Å². The minimum absolute atomic E-state index is 0.775. The summed E-state index contributed by atoms with van der Waals surface area (Å²) in [6, 6.07) is 103. The van der Waals surface area contributed by atoms with Gasteiger partial charge in [0, 0.05) is 72.0 Å². The molecule has 0 spiro atoms. The molecule has 0 unspecified atom stereocenters. The van der Waals surface area contributed by atoms with Crippen molar-refractivity contribution in [1.29, 1.82) is 0 Å². The molecule has 0 fully saturated rings. The molecule has 5 nitrogen and oxygen atoms in total. The van der Waals surface area contributed by atoms with Gasteiger partial charge in [-0.25, -0.2) is 0 Å². The van der Waals surface area contributed by atoms with E-state index in [2.05, 4.69) is 301 Å². The zero-order chi connectivity index (χ0) is 53.4. The quantitative estimate of drug-likeness (QED) is 0.137. The zero-order valence-corrected chi connectivity index (χ0v) is 43.8. The van der Waals surface area contributed by atoms with Gasteiger partial charge >= 0.3 is 0 Å². The molecule has 0 aliphatic heterocycles. The molecule has 5 heteroatoms. The topological polar surface area (TPSA) is 45.9 Å². The number of hydrogen-bond acceptors (Lipinski definition) is 5. The number of hydrogen-bond donors (Lipinski definition) is 0. The van der Waals surface area contributed by atoms with Crippen LogP contribution in [0, 0.1) is 0 Å². The van der Waals surface area contributed by atoms with Crippen LogP contribution >= 0.6 is 0 Å². The summed E-state index contributed by atoms with van der Waals surface area (Å²) in [6.07, 6.45) is 0. The van der Waals surface area contributed by atoms with Crippen LogP contribution in [-0.2, 0) is 0 Å². The van der Waals surface area contributed by atoms with Gasteiger partial charge in [0.25, 0.3) is 0 Å². The SMILES string of the molecule is c1ccc(-c2ccc(N(c3ccc4oc5cc(N(c6ccc(-c7ccccc7)cc6)c6cccc7c6oc6c(-c8ccccc8)cccc67)c6ccccc6c5c4c3)c3cccc4c3oc3c(-c5ccccc5)cccc34)cc2)cc1. The highest BCUT2D eigenvalue weighted by Crippen LogP contribution is 2.50. The molecule has 13 aromatic carbocycles. The number of nitrogens with zero attached hydrogens (tertiary/aromatic N) is 2. The number of anilines is 6. The highest BCUT2D eigenvalue weighted by molar-refractivity contribution is 6.24. The lowest BCUT2D eigenvalue weighted by Gasteiger charge is -2.27. The van der Waals surface area contributed by atoms with Crippen LogP contribution in [0.25, 0.3) is 121 Å². The summed E-state index contributed by atoms with van der Waals surface area (Å²) in [5.74, 6) is 0. The Morgan fingerprint density at radius 2 is 0.605 bits per heavy atom. The van der Waals surface area contributed by atoms with E-state index >= 15 is 0 Å². The van der Waals surface area contributed by atoms with E-state index in [0.717, 1.165) is 155 Å². The van der Waals surface area contributed by atoms with Gasteiger partial charge in [-0.1, -0.05) is 231 Å². The Morgan fingerprint density at radius 3 is 1.12 bits per heavy atom. The van der Waals surface area contributed by atoms with Crippen LogP contribution in [0.5, 0.6) is 0 Å². The van der Waals surface area contributed by atoms with E-state index in [1.165, 1.54) is 0 Å². The predicted molar refractivity (Wildman–Crippen MR) is 337 cm³/mol. The molecule has 0 atom stereocenters. The summed E-state index contributed by atoms with van der Waals surface area (Å²) < 4.78 is 21.4. The van der Waals surface area contributed by atoms with Gasteiger partial charge in [-0.3, -0.25) is 0 Å². The van der Waals surface area contributed by atoms with Crippen molar-refractivity contribution >= 4 is 111 Å². The fourth-order valence-electron chi connectivity index (χ4n) is 12.3. The largest absolute Gasteiger partial charge is 0.456 e. The van der Waals surface area contributed by atoms with Crippen molar-refractivity contribution in [3.8, 4) is 44.5 Å². The maximum Gasteiger partial charge on any atom is 0.159 e. The van der Waals surface area contributed by atoms with Crippen molar-refractivity contribution < 1.29 is 13.3 Å². The van der Waals surface area contributed by atoms with Gasteiger partial charge in [-0.2, -0.15) is 0 Å². The molecular weight excluding hydrogens is 989 g/mol. The number of para-hydroxylation sites is 4. The number of benzene rings is 13. The van der Waals surface area contributed by atoms with Crippen LogP contribution in [0.15, 0.2) is 304 Å². The van der Waals surface area contributed by atoms with Crippen molar-refractivity contribution in [2.24, 2.45) is 0 Å². The second-order valence-corrected chi connectivity index (χ2v) is 20.7. The van der Waals surface area contributed by atoms with Crippen LogP contribution in [0.3, 0.4) is 0 Å². The van der Waals surface area contributed by atoms with E-state index in [1.54, 1.807) is 0 Å². The molecular formula is C76H48N2O3. The molecule has 3 aromatic heterocycles. The minimum atomic E-state index is 0.775. The molecule has 0 saturated carbocycles. The third-order valence-electron chi connectivity index (χ3n) is 16.1. The number of rotatable bonds is 10. The molecule has 16 aromatic rings. The van der Waals surface area contributed by atoms with E-state index in [0.29, 0.717) is 0 Å². The van der Waals surface area contributed by atoms with E-state index in [-0.39, 0.29) is 0 Å². The molecule has 0 bridgehead atoms. The standard InChI is InChI=1S/C76H48N2O3/c1-5-19-49(20-6-1)51-37-41-55(42-38-51)77(67-35-17-33-64-62-31-15-29-58(73(62)80-75(64)67)53-23-9-3-10-24-53)57-45-46-70-66(47-57)72-61-28-14-13-27-60(61)69(48-71(72)79-70)78(56-43-39-52(40-44-56)50-21-7-2-8-22-50)68-36-18-34-65-63-32-16-30-59(74(63)81-76(65)68)54-25-11-4-12-26-54/h1-48H. The smallest absolute Gasteiger partial charge is 0.159 e. The molecule has 16 rings (SSSR count). The first-order chi connectivity index (χ1) is 40.2. The van der Waals surface area contributed by atoms with Gasteiger partial charge in [0.2, 0.25) is 0 Å².